The zero-order valence-electron chi connectivity index (χ0n) is 17.3. The zero-order chi connectivity index (χ0) is 20.9. The Morgan fingerprint density at radius 1 is 0.966 bits per heavy atom. The summed E-state index contributed by atoms with van der Waals surface area (Å²) in [6.07, 6.45) is 1.50. The summed E-state index contributed by atoms with van der Waals surface area (Å²) in [5.74, 6) is -0.493. The third kappa shape index (κ3) is 8.92. The fourth-order valence-corrected chi connectivity index (χ4v) is 3.03. The fourth-order valence-electron chi connectivity index (χ4n) is 3.03. The Balaban J connectivity index is 1.78. The first-order valence-corrected chi connectivity index (χ1v) is 10.2. The number of nitrogens with one attached hydrogen (secondary N) is 1. The highest BCUT2D eigenvalue weighted by atomic mass is 16.5. The summed E-state index contributed by atoms with van der Waals surface area (Å²) < 4.78 is 10.8. The number of hydrogen-bond donors (Lipinski definition) is 1. The lowest BCUT2D eigenvalue weighted by Gasteiger charge is -2.19. The molecule has 0 saturated heterocycles. The molecule has 0 heterocycles. The maximum atomic E-state index is 12.4. The van der Waals surface area contributed by atoms with Gasteiger partial charge >= 0.3 is 5.97 Å². The molecule has 0 saturated carbocycles. The van der Waals surface area contributed by atoms with Gasteiger partial charge in [0.05, 0.1) is 19.8 Å². The minimum Gasteiger partial charge on any atom is -0.464 e. The van der Waals surface area contributed by atoms with Gasteiger partial charge in [0.15, 0.2) is 0 Å². The lowest BCUT2D eigenvalue weighted by molar-refractivity contribution is -0.147. The van der Waals surface area contributed by atoms with Crippen LogP contribution in [0.4, 0.5) is 0 Å². The van der Waals surface area contributed by atoms with Crippen LogP contribution in [0.1, 0.15) is 37.8 Å². The molecule has 1 N–H and O–H groups in total. The maximum Gasteiger partial charge on any atom is 0.328 e. The molecule has 0 fully saturated rings. The number of amides is 1. The van der Waals surface area contributed by atoms with E-state index in [0.717, 1.165) is 11.1 Å². The maximum absolute atomic E-state index is 12.4. The van der Waals surface area contributed by atoms with Crippen molar-refractivity contribution in [1.82, 2.24) is 5.32 Å². The second-order valence-electron chi connectivity index (χ2n) is 7.21. The Labute approximate surface area is 173 Å². The van der Waals surface area contributed by atoms with Crippen LogP contribution in [0.3, 0.4) is 0 Å². The summed E-state index contributed by atoms with van der Waals surface area (Å²) >= 11 is 0. The van der Waals surface area contributed by atoms with Gasteiger partial charge in [0.2, 0.25) is 5.91 Å². The quantitative estimate of drug-likeness (QED) is 0.552. The van der Waals surface area contributed by atoms with Crippen LogP contribution >= 0.6 is 0 Å². The van der Waals surface area contributed by atoms with Crippen LogP contribution in [0.15, 0.2) is 60.7 Å². The molecule has 2 aromatic carbocycles. The highest BCUT2D eigenvalue weighted by Crippen LogP contribution is 2.09. The van der Waals surface area contributed by atoms with Crippen LogP contribution in [0.2, 0.25) is 0 Å². The summed E-state index contributed by atoms with van der Waals surface area (Å²) in [7, 11) is 0. The third-order valence-electron chi connectivity index (χ3n) is 4.52. The van der Waals surface area contributed by atoms with Crippen molar-refractivity contribution < 1.29 is 19.1 Å². The standard InChI is InChI=1S/C24H31NO4/c1-3-29-24(27)22(15-14-20-10-6-4-7-11-20)25-23(26)16-19(2)17-28-18-21-12-8-5-9-13-21/h4-13,19,22H,3,14-18H2,1-2H3,(H,25,26)/t19?,22-/m0/s1. The van der Waals surface area contributed by atoms with E-state index in [1.54, 1.807) is 6.92 Å². The van der Waals surface area contributed by atoms with Crippen molar-refractivity contribution in [3.63, 3.8) is 0 Å². The average Bonchev–Trinajstić information content (AvgIpc) is 2.72. The largest absolute Gasteiger partial charge is 0.464 e. The summed E-state index contributed by atoms with van der Waals surface area (Å²) in [6.45, 7) is 5.03. The molecule has 156 valence electrons. The van der Waals surface area contributed by atoms with Gasteiger partial charge in [0.25, 0.3) is 0 Å². The predicted molar refractivity (Wildman–Crippen MR) is 113 cm³/mol. The van der Waals surface area contributed by atoms with E-state index < -0.39 is 6.04 Å². The molecular weight excluding hydrogens is 366 g/mol. The van der Waals surface area contributed by atoms with Gasteiger partial charge in [-0.25, -0.2) is 4.79 Å². The lowest BCUT2D eigenvalue weighted by atomic mass is 10.0. The number of rotatable bonds is 12. The van der Waals surface area contributed by atoms with Crippen LogP contribution in [-0.2, 0) is 32.1 Å². The highest BCUT2D eigenvalue weighted by molar-refractivity contribution is 5.84. The van der Waals surface area contributed by atoms with Crippen LogP contribution < -0.4 is 5.32 Å². The molecule has 2 rings (SSSR count). The number of benzene rings is 2. The predicted octanol–water partition coefficient (Wildman–Crippen LogP) is 3.91. The van der Waals surface area contributed by atoms with Gasteiger partial charge < -0.3 is 14.8 Å². The molecule has 5 heteroatoms. The molecule has 5 nitrogen and oxygen atoms in total. The first kappa shape index (κ1) is 22.6. The van der Waals surface area contributed by atoms with Gasteiger partial charge in [-0.3, -0.25) is 4.79 Å². The van der Waals surface area contributed by atoms with Gasteiger partial charge in [-0.1, -0.05) is 67.6 Å². The average molecular weight is 398 g/mol. The molecule has 0 aromatic heterocycles. The SMILES string of the molecule is CCOC(=O)[C@H](CCc1ccccc1)NC(=O)CC(C)COCc1ccccc1. The molecule has 0 bridgehead atoms. The molecule has 1 amide bonds. The van der Waals surface area contributed by atoms with E-state index in [-0.39, 0.29) is 17.8 Å². The summed E-state index contributed by atoms with van der Waals surface area (Å²) in [6, 6.07) is 19.2. The normalized spacial score (nSPS) is 12.8. The van der Waals surface area contributed by atoms with E-state index >= 15 is 0 Å². The summed E-state index contributed by atoms with van der Waals surface area (Å²) in [4.78, 5) is 24.7. The Morgan fingerprint density at radius 3 is 2.21 bits per heavy atom. The van der Waals surface area contributed by atoms with E-state index in [2.05, 4.69) is 5.32 Å². The Bertz CT molecular complexity index is 733. The van der Waals surface area contributed by atoms with Crippen molar-refractivity contribution in [3.8, 4) is 0 Å². The van der Waals surface area contributed by atoms with Crippen LogP contribution in [0, 0.1) is 5.92 Å². The molecule has 0 radical (unpaired) electrons. The Morgan fingerprint density at radius 2 is 1.59 bits per heavy atom. The van der Waals surface area contributed by atoms with Crippen molar-refractivity contribution >= 4 is 11.9 Å². The van der Waals surface area contributed by atoms with E-state index in [9.17, 15) is 9.59 Å². The third-order valence-corrected chi connectivity index (χ3v) is 4.52. The minimum atomic E-state index is -0.639. The highest BCUT2D eigenvalue weighted by Gasteiger charge is 2.22. The van der Waals surface area contributed by atoms with Crippen LogP contribution in [-0.4, -0.2) is 31.1 Å². The molecule has 29 heavy (non-hydrogen) atoms. The molecule has 1 unspecified atom stereocenters. The topological polar surface area (TPSA) is 64.6 Å². The van der Waals surface area contributed by atoms with Gasteiger partial charge in [0.1, 0.15) is 6.04 Å². The lowest BCUT2D eigenvalue weighted by Crippen LogP contribution is -2.42. The van der Waals surface area contributed by atoms with Gasteiger partial charge in [-0.05, 0) is 36.8 Å². The number of ether oxygens (including phenoxy) is 2. The van der Waals surface area contributed by atoms with Gasteiger partial charge in [-0.15, -0.1) is 0 Å². The monoisotopic (exact) mass is 397 g/mol. The van der Waals surface area contributed by atoms with Crippen molar-refractivity contribution in [2.45, 2.75) is 45.8 Å². The number of carbonyl (C=O) groups excluding carboxylic acids is 2. The van der Waals surface area contributed by atoms with Crippen LogP contribution in [0.5, 0.6) is 0 Å². The molecule has 0 spiro atoms. The van der Waals surface area contributed by atoms with Gasteiger partial charge in [0, 0.05) is 6.42 Å². The van der Waals surface area contributed by atoms with E-state index in [0.29, 0.717) is 39.1 Å². The van der Waals surface area contributed by atoms with Crippen molar-refractivity contribution in [1.29, 1.82) is 0 Å². The van der Waals surface area contributed by atoms with Gasteiger partial charge in [-0.2, -0.15) is 0 Å². The number of carbonyl (C=O) groups is 2. The molecule has 2 atom stereocenters. The Hall–Kier alpha value is -2.66. The van der Waals surface area contributed by atoms with E-state index in [4.69, 9.17) is 9.47 Å². The second-order valence-corrected chi connectivity index (χ2v) is 7.21. The molecule has 2 aromatic rings. The minimum absolute atomic E-state index is 0.0516. The first-order valence-electron chi connectivity index (χ1n) is 10.2. The van der Waals surface area contributed by atoms with Crippen molar-refractivity contribution in [2.75, 3.05) is 13.2 Å². The zero-order valence-corrected chi connectivity index (χ0v) is 17.3. The molecule has 0 aliphatic rings. The molecule has 0 aliphatic carbocycles. The fraction of sp³-hybridized carbons (Fsp3) is 0.417. The van der Waals surface area contributed by atoms with E-state index in [1.807, 2.05) is 67.6 Å². The number of aryl methyl sites for hydroxylation is 1. The first-order chi connectivity index (χ1) is 14.1. The molecular formula is C24H31NO4. The van der Waals surface area contributed by atoms with Crippen molar-refractivity contribution in [3.05, 3.63) is 71.8 Å². The molecule has 0 aliphatic heterocycles. The smallest absolute Gasteiger partial charge is 0.328 e. The number of hydrogen-bond acceptors (Lipinski definition) is 4. The second kappa shape index (κ2) is 12.7. The van der Waals surface area contributed by atoms with Crippen molar-refractivity contribution in [2.24, 2.45) is 5.92 Å². The summed E-state index contributed by atoms with van der Waals surface area (Å²) in [5.41, 5.74) is 2.23. The van der Waals surface area contributed by atoms with E-state index in [1.165, 1.54) is 0 Å². The summed E-state index contributed by atoms with van der Waals surface area (Å²) in [5, 5.41) is 2.84. The number of esters is 1. The van der Waals surface area contributed by atoms with Crippen LogP contribution in [0.25, 0.3) is 0 Å². The Kier molecular flexibility index (Phi) is 9.93.